The summed E-state index contributed by atoms with van der Waals surface area (Å²) in [6.07, 6.45) is 0.639. The summed E-state index contributed by atoms with van der Waals surface area (Å²) in [5, 5.41) is 14.5. The van der Waals surface area contributed by atoms with Crippen molar-refractivity contribution in [3.05, 3.63) is 75.0 Å². The number of nitrogens with zero attached hydrogens (tertiary/aromatic N) is 5. The Hall–Kier alpha value is -2.57. The summed E-state index contributed by atoms with van der Waals surface area (Å²) in [6.45, 7) is 4.67. The molecule has 0 amide bonds. The summed E-state index contributed by atoms with van der Waals surface area (Å²) >= 11 is 12.8. The predicted molar refractivity (Wildman–Crippen MR) is 134 cm³/mol. The SMILES string of the molecule is Cc1nn(C)c(C)c1S(=O)(=O)N1CC[C@H](N(Cc2ccccc2Cl)c2ccc(C#N)c(Cl)c2)C1. The molecule has 0 unspecified atom stereocenters. The summed E-state index contributed by atoms with van der Waals surface area (Å²) in [4.78, 5) is 2.39. The number of benzene rings is 2. The summed E-state index contributed by atoms with van der Waals surface area (Å²) < 4.78 is 30.2. The zero-order valence-corrected chi connectivity index (χ0v) is 21.5. The lowest BCUT2D eigenvalue weighted by Crippen LogP contribution is -2.39. The van der Waals surface area contributed by atoms with E-state index in [9.17, 15) is 13.7 Å². The van der Waals surface area contributed by atoms with E-state index in [0.29, 0.717) is 53.1 Å². The second-order valence-corrected chi connectivity index (χ2v) is 11.1. The van der Waals surface area contributed by atoms with Gasteiger partial charge in [0.2, 0.25) is 10.0 Å². The summed E-state index contributed by atoms with van der Waals surface area (Å²) in [5.41, 5.74) is 3.23. The van der Waals surface area contributed by atoms with E-state index < -0.39 is 10.0 Å². The van der Waals surface area contributed by atoms with E-state index in [1.54, 1.807) is 37.7 Å². The molecule has 3 aromatic rings. The van der Waals surface area contributed by atoms with Crippen molar-refractivity contribution in [1.82, 2.24) is 14.1 Å². The minimum absolute atomic E-state index is 0.104. The van der Waals surface area contributed by atoms with Crippen LogP contribution in [0.5, 0.6) is 0 Å². The fraction of sp³-hybridized carbons (Fsp3) is 0.333. The Kier molecular flexibility index (Phi) is 6.92. The number of anilines is 1. The molecular formula is C24H25Cl2N5O2S. The van der Waals surface area contributed by atoms with Crippen LogP contribution in [0.25, 0.3) is 0 Å². The number of hydrogen-bond acceptors (Lipinski definition) is 5. The summed E-state index contributed by atoms with van der Waals surface area (Å²) in [6, 6.07) is 14.8. The minimum Gasteiger partial charge on any atom is -0.363 e. The van der Waals surface area contributed by atoms with E-state index in [0.717, 1.165) is 11.3 Å². The molecule has 0 saturated carbocycles. The van der Waals surface area contributed by atoms with Crippen LogP contribution in [-0.4, -0.2) is 41.6 Å². The van der Waals surface area contributed by atoms with Gasteiger partial charge in [-0.3, -0.25) is 4.68 Å². The van der Waals surface area contributed by atoms with E-state index in [1.165, 1.54) is 4.31 Å². The van der Waals surface area contributed by atoms with Gasteiger partial charge >= 0.3 is 0 Å². The average Bonchev–Trinajstić information content (AvgIpc) is 3.38. The fourth-order valence-electron chi connectivity index (χ4n) is 4.45. The monoisotopic (exact) mass is 517 g/mol. The third-order valence-corrected chi connectivity index (χ3v) is 9.11. The Balaban J connectivity index is 1.68. The minimum atomic E-state index is -3.70. The highest BCUT2D eigenvalue weighted by Gasteiger charge is 2.38. The average molecular weight is 518 g/mol. The van der Waals surface area contributed by atoms with Crippen molar-refractivity contribution in [3.8, 4) is 6.07 Å². The topological polar surface area (TPSA) is 82.2 Å². The third-order valence-electron chi connectivity index (χ3n) is 6.31. The number of sulfonamides is 1. The Bertz CT molecular complexity index is 1380. The van der Waals surface area contributed by atoms with E-state index in [1.807, 2.05) is 30.3 Å². The van der Waals surface area contributed by atoms with Gasteiger partial charge in [0.1, 0.15) is 11.0 Å². The molecule has 1 aliphatic rings. The largest absolute Gasteiger partial charge is 0.363 e. The normalized spacial score (nSPS) is 16.5. The zero-order chi connectivity index (χ0) is 24.6. The number of halogens is 2. The number of rotatable bonds is 6. The van der Waals surface area contributed by atoms with Gasteiger partial charge in [-0.05, 0) is 50.1 Å². The van der Waals surface area contributed by atoms with Crippen molar-refractivity contribution in [1.29, 1.82) is 5.26 Å². The van der Waals surface area contributed by atoms with Crippen LogP contribution in [0.2, 0.25) is 10.0 Å². The van der Waals surface area contributed by atoms with Gasteiger partial charge in [0.25, 0.3) is 0 Å². The first-order valence-electron chi connectivity index (χ1n) is 10.8. The molecule has 0 radical (unpaired) electrons. The van der Waals surface area contributed by atoms with Crippen LogP contribution in [0.3, 0.4) is 0 Å². The molecule has 1 saturated heterocycles. The van der Waals surface area contributed by atoms with Crippen LogP contribution in [0.15, 0.2) is 47.4 Å². The molecule has 178 valence electrons. The second kappa shape index (κ2) is 9.59. The van der Waals surface area contributed by atoms with Gasteiger partial charge in [-0.2, -0.15) is 14.7 Å². The van der Waals surface area contributed by atoms with Crippen molar-refractivity contribution in [2.24, 2.45) is 7.05 Å². The lowest BCUT2D eigenvalue weighted by molar-refractivity contribution is 0.467. The van der Waals surface area contributed by atoms with Gasteiger partial charge in [0.15, 0.2) is 0 Å². The van der Waals surface area contributed by atoms with Gasteiger partial charge < -0.3 is 4.90 Å². The van der Waals surface area contributed by atoms with Crippen molar-refractivity contribution < 1.29 is 8.42 Å². The number of hydrogen-bond donors (Lipinski definition) is 0. The van der Waals surface area contributed by atoms with Crippen LogP contribution in [0.1, 0.15) is 28.9 Å². The number of aromatic nitrogens is 2. The lowest BCUT2D eigenvalue weighted by Gasteiger charge is -2.32. The first-order chi connectivity index (χ1) is 16.1. The van der Waals surface area contributed by atoms with Gasteiger partial charge in [0.05, 0.1) is 22.0 Å². The maximum absolute atomic E-state index is 13.5. The number of nitriles is 1. The van der Waals surface area contributed by atoms with E-state index in [-0.39, 0.29) is 10.9 Å². The Morgan fingerprint density at radius 3 is 2.53 bits per heavy atom. The standard InChI is InChI=1S/C24H25Cl2N5O2S/c1-16-24(17(2)29(3)28-16)34(32,33)30-11-10-21(15-30)31(14-19-6-4-5-7-22(19)25)20-9-8-18(13-27)23(26)12-20/h4-9,12,21H,10-11,14-15H2,1-3H3/t21-/m0/s1. The third kappa shape index (κ3) is 4.53. The molecule has 7 nitrogen and oxygen atoms in total. The van der Waals surface area contributed by atoms with Crippen LogP contribution in [0, 0.1) is 25.2 Å². The molecule has 10 heteroatoms. The van der Waals surface area contributed by atoms with Crippen molar-refractivity contribution >= 4 is 38.9 Å². The molecule has 4 rings (SSSR count). The molecule has 0 bridgehead atoms. The van der Waals surface area contributed by atoms with Crippen LogP contribution in [-0.2, 0) is 23.6 Å². The van der Waals surface area contributed by atoms with Gasteiger partial charge in [-0.1, -0.05) is 41.4 Å². The van der Waals surface area contributed by atoms with E-state index in [4.69, 9.17) is 23.2 Å². The second-order valence-electron chi connectivity index (χ2n) is 8.42. The first kappa shape index (κ1) is 24.6. The Morgan fingerprint density at radius 1 is 1.18 bits per heavy atom. The maximum atomic E-state index is 13.5. The molecule has 0 N–H and O–H groups in total. The number of aryl methyl sites for hydroxylation is 2. The molecule has 0 aliphatic carbocycles. The van der Waals surface area contributed by atoms with Crippen molar-refractivity contribution in [2.75, 3.05) is 18.0 Å². The van der Waals surface area contributed by atoms with Crippen LogP contribution in [0.4, 0.5) is 5.69 Å². The smallest absolute Gasteiger partial charge is 0.246 e. The fourth-order valence-corrected chi connectivity index (χ4v) is 6.76. The van der Waals surface area contributed by atoms with Crippen molar-refractivity contribution in [2.45, 2.75) is 37.8 Å². The molecule has 1 atom stereocenters. The van der Waals surface area contributed by atoms with Crippen LogP contribution < -0.4 is 4.90 Å². The Labute approximate surface area is 210 Å². The van der Waals surface area contributed by atoms with Gasteiger partial charge in [-0.25, -0.2) is 8.42 Å². The van der Waals surface area contributed by atoms with E-state index in [2.05, 4.69) is 16.1 Å². The molecule has 0 spiro atoms. The van der Waals surface area contributed by atoms with E-state index >= 15 is 0 Å². The highest BCUT2D eigenvalue weighted by molar-refractivity contribution is 7.89. The molecular weight excluding hydrogens is 493 g/mol. The summed E-state index contributed by atoms with van der Waals surface area (Å²) in [7, 11) is -1.96. The van der Waals surface area contributed by atoms with Gasteiger partial charge in [0, 0.05) is 43.4 Å². The lowest BCUT2D eigenvalue weighted by atomic mass is 10.1. The van der Waals surface area contributed by atoms with Crippen LogP contribution >= 0.6 is 23.2 Å². The zero-order valence-electron chi connectivity index (χ0n) is 19.2. The molecule has 1 aliphatic heterocycles. The molecule has 1 aromatic heterocycles. The summed E-state index contributed by atoms with van der Waals surface area (Å²) in [5.74, 6) is 0. The maximum Gasteiger partial charge on any atom is 0.246 e. The highest BCUT2D eigenvalue weighted by atomic mass is 35.5. The highest BCUT2D eigenvalue weighted by Crippen LogP contribution is 2.33. The molecule has 34 heavy (non-hydrogen) atoms. The first-order valence-corrected chi connectivity index (χ1v) is 13.0. The molecule has 1 fully saturated rings. The Morgan fingerprint density at radius 2 is 1.91 bits per heavy atom. The molecule has 2 aromatic carbocycles. The predicted octanol–water partition coefficient (Wildman–Crippen LogP) is 4.69. The van der Waals surface area contributed by atoms with Gasteiger partial charge in [-0.15, -0.1) is 0 Å². The van der Waals surface area contributed by atoms with Crippen molar-refractivity contribution in [3.63, 3.8) is 0 Å². The quantitative estimate of drug-likeness (QED) is 0.473. The molecule has 2 heterocycles.